The molecule has 0 aliphatic heterocycles. The van der Waals surface area contributed by atoms with Crippen LogP contribution in [0.25, 0.3) is 0 Å². The second-order valence-corrected chi connectivity index (χ2v) is 4.17. The third-order valence-electron chi connectivity index (χ3n) is 2.03. The van der Waals surface area contributed by atoms with Crippen molar-refractivity contribution in [1.29, 1.82) is 0 Å². The number of rotatable bonds is 6. The summed E-state index contributed by atoms with van der Waals surface area (Å²) in [6.07, 6.45) is 0.817. The summed E-state index contributed by atoms with van der Waals surface area (Å²) < 4.78 is 5.00. The van der Waals surface area contributed by atoms with Crippen LogP contribution in [0, 0.1) is 0 Å². The van der Waals surface area contributed by atoms with E-state index in [4.69, 9.17) is 4.74 Å². The van der Waals surface area contributed by atoms with Gasteiger partial charge >= 0.3 is 0 Å². The van der Waals surface area contributed by atoms with Gasteiger partial charge in [-0.1, -0.05) is 18.3 Å². The number of carbonyl (C=O) groups excluding carboxylic acids is 1. The molecule has 1 aromatic rings. The molecule has 1 aromatic heterocycles. The molecule has 1 unspecified atom stereocenters. The van der Waals surface area contributed by atoms with E-state index in [0.29, 0.717) is 16.7 Å². The minimum absolute atomic E-state index is 0.0134. The van der Waals surface area contributed by atoms with Gasteiger partial charge in [-0.3, -0.25) is 4.79 Å². The fourth-order valence-electron chi connectivity index (χ4n) is 1.13. The van der Waals surface area contributed by atoms with Crippen molar-refractivity contribution in [1.82, 2.24) is 15.5 Å². The van der Waals surface area contributed by atoms with Crippen molar-refractivity contribution in [2.45, 2.75) is 19.4 Å². The van der Waals surface area contributed by atoms with Crippen molar-refractivity contribution in [2.75, 3.05) is 26.1 Å². The van der Waals surface area contributed by atoms with E-state index in [9.17, 15) is 4.79 Å². The van der Waals surface area contributed by atoms with Crippen molar-refractivity contribution in [2.24, 2.45) is 0 Å². The second kappa shape index (κ2) is 6.39. The van der Waals surface area contributed by atoms with Crippen molar-refractivity contribution in [3.8, 4) is 0 Å². The first kappa shape index (κ1) is 12.9. The zero-order valence-electron chi connectivity index (χ0n) is 9.61. The monoisotopic (exact) mass is 244 g/mol. The summed E-state index contributed by atoms with van der Waals surface area (Å²) in [5.41, 5.74) is 0. The van der Waals surface area contributed by atoms with E-state index in [1.54, 1.807) is 14.2 Å². The Balaban J connectivity index is 2.56. The Labute approximate surface area is 98.4 Å². The lowest BCUT2D eigenvalue weighted by Crippen LogP contribution is -2.37. The molecule has 1 heterocycles. The number of nitrogens with zero attached hydrogens (tertiary/aromatic N) is 2. The van der Waals surface area contributed by atoms with Gasteiger partial charge in [0.05, 0.1) is 12.6 Å². The molecular weight excluding hydrogens is 228 g/mol. The molecule has 16 heavy (non-hydrogen) atoms. The summed E-state index contributed by atoms with van der Waals surface area (Å²) >= 11 is 1.23. The van der Waals surface area contributed by atoms with Crippen LogP contribution in [0.3, 0.4) is 0 Å². The molecule has 1 rings (SSSR count). The number of carbonyl (C=O) groups is 1. The van der Waals surface area contributed by atoms with E-state index in [-0.39, 0.29) is 11.9 Å². The van der Waals surface area contributed by atoms with Crippen LogP contribution in [0.2, 0.25) is 0 Å². The van der Waals surface area contributed by atoms with Gasteiger partial charge in [-0.05, 0) is 6.42 Å². The number of ether oxygens (including phenoxy) is 1. The molecule has 0 fully saturated rings. The molecule has 0 spiro atoms. The topological polar surface area (TPSA) is 76.1 Å². The van der Waals surface area contributed by atoms with Gasteiger partial charge in [-0.25, -0.2) is 0 Å². The highest BCUT2D eigenvalue weighted by Gasteiger charge is 2.15. The lowest BCUT2D eigenvalue weighted by molar-refractivity contribution is 0.0893. The average Bonchev–Trinajstić information content (AvgIpc) is 2.76. The van der Waals surface area contributed by atoms with Gasteiger partial charge in [0.25, 0.3) is 5.91 Å². The van der Waals surface area contributed by atoms with Crippen molar-refractivity contribution in [3.05, 3.63) is 5.01 Å². The van der Waals surface area contributed by atoms with Crippen LogP contribution in [-0.2, 0) is 4.74 Å². The van der Waals surface area contributed by atoms with Gasteiger partial charge < -0.3 is 15.4 Å². The quantitative estimate of drug-likeness (QED) is 0.771. The smallest absolute Gasteiger partial charge is 0.282 e. The van der Waals surface area contributed by atoms with Gasteiger partial charge in [0, 0.05) is 14.2 Å². The standard InChI is InChI=1S/C9H16N4O2S/c1-4-6(5-15-3)11-7(14)8-12-13-9(10-2)16-8/h6H,4-5H2,1-3H3,(H,10,13)(H,11,14). The Morgan fingerprint density at radius 1 is 1.56 bits per heavy atom. The highest BCUT2D eigenvalue weighted by atomic mass is 32.1. The molecule has 0 bridgehead atoms. The third kappa shape index (κ3) is 3.42. The van der Waals surface area contributed by atoms with Gasteiger partial charge in [-0.2, -0.15) is 0 Å². The summed E-state index contributed by atoms with van der Waals surface area (Å²) in [7, 11) is 3.35. The van der Waals surface area contributed by atoms with E-state index in [1.807, 2.05) is 6.92 Å². The van der Waals surface area contributed by atoms with Crippen LogP contribution < -0.4 is 10.6 Å². The van der Waals surface area contributed by atoms with Gasteiger partial charge in [0.1, 0.15) is 0 Å². The van der Waals surface area contributed by atoms with E-state index in [0.717, 1.165) is 6.42 Å². The number of nitrogens with one attached hydrogen (secondary N) is 2. The van der Waals surface area contributed by atoms with Crippen molar-refractivity contribution in [3.63, 3.8) is 0 Å². The maximum Gasteiger partial charge on any atom is 0.282 e. The highest BCUT2D eigenvalue weighted by Crippen LogP contribution is 2.14. The van der Waals surface area contributed by atoms with Crippen LogP contribution >= 0.6 is 11.3 Å². The third-order valence-corrected chi connectivity index (χ3v) is 2.97. The van der Waals surface area contributed by atoms with E-state index in [1.165, 1.54) is 11.3 Å². The molecule has 1 atom stereocenters. The SMILES string of the molecule is CCC(COC)NC(=O)c1nnc(NC)s1. The molecule has 90 valence electrons. The minimum Gasteiger partial charge on any atom is -0.383 e. The van der Waals surface area contributed by atoms with Crippen LogP contribution in [0.4, 0.5) is 5.13 Å². The normalized spacial score (nSPS) is 12.2. The lowest BCUT2D eigenvalue weighted by Gasteiger charge is -2.14. The summed E-state index contributed by atoms with van der Waals surface area (Å²) in [5.74, 6) is -0.206. The summed E-state index contributed by atoms with van der Waals surface area (Å²) in [4.78, 5) is 11.7. The fraction of sp³-hybridized carbons (Fsp3) is 0.667. The molecule has 7 heteroatoms. The molecule has 0 radical (unpaired) electrons. The van der Waals surface area contributed by atoms with E-state index >= 15 is 0 Å². The predicted octanol–water partition coefficient (Wildman–Crippen LogP) is 0.735. The zero-order valence-corrected chi connectivity index (χ0v) is 10.4. The molecule has 6 nitrogen and oxygen atoms in total. The van der Waals surface area contributed by atoms with Gasteiger partial charge in [0.2, 0.25) is 10.1 Å². The van der Waals surface area contributed by atoms with Crippen LogP contribution in [0.5, 0.6) is 0 Å². The Bertz CT molecular complexity index is 342. The van der Waals surface area contributed by atoms with Crippen molar-refractivity contribution >= 4 is 22.4 Å². The largest absolute Gasteiger partial charge is 0.383 e. The molecule has 0 aliphatic carbocycles. The fourth-order valence-corrected chi connectivity index (χ4v) is 1.73. The second-order valence-electron chi connectivity index (χ2n) is 3.20. The maximum absolute atomic E-state index is 11.7. The van der Waals surface area contributed by atoms with Gasteiger partial charge in [0.15, 0.2) is 0 Å². The number of hydrogen-bond donors (Lipinski definition) is 2. The summed E-state index contributed by atoms with van der Waals surface area (Å²) in [5, 5.41) is 14.2. The van der Waals surface area contributed by atoms with Crippen LogP contribution in [0.15, 0.2) is 0 Å². The molecule has 0 aromatic carbocycles. The van der Waals surface area contributed by atoms with Crippen LogP contribution in [0.1, 0.15) is 23.1 Å². The first-order valence-electron chi connectivity index (χ1n) is 5.02. The number of amides is 1. The number of methoxy groups -OCH3 is 1. The number of aromatic nitrogens is 2. The molecule has 2 N–H and O–H groups in total. The average molecular weight is 244 g/mol. The predicted molar refractivity (Wildman–Crippen MR) is 62.9 cm³/mol. The van der Waals surface area contributed by atoms with Crippen LogP contribution in [-0.4, -0.2) is 42.9 Å². The molecule has 1 amide bonds. The van der Waals surface area contributed by atoms with Crippen molar-refractivity contribution < 1.29 is 9.53 Å². The maximum atomic E-state index is 11.7. The first-order chi connectivity index (χ1) is 7.71. The first-order valence-corrected chi connectivity index (χ1v) is 5.84. The minimum atomic E-state index is -0.206. The highest BCUT2D eigenvalue weighted by molar-refractivity contribution is 7.17. The number of hydrogen-bond acceptors (Lipinski definition) is 6. The van der Waals surface area contributed by atoms with E-state index < -0.39 is 0 Å². The Morgan fingerprint density at radius 2 is 2.31 bits per heavy atom. The molecule has 0 saturated carbocycles. The number of anilines is 1. The zero-order chi connectivity index (χ0) is 12.0. The molecule has 0 saturated heterocycles. The van der Waals surface area contributed by atoms with Gasteiger partial charge in [-0.15, -0.1) is 10.2 Å². The summed E-state index contributed by atoms with van der Waals surface area (Å²) in [6, 6.07) is 0.0134. The van der Waals surface area contributed by atoms with E-state index in [2.05, 4.69) is 20.8 Å². The molecular formula is C9H16N4O2S. The summed E-state index contributed by atoms with van der Waals surface area (Å²) in [6.45, 7) is 2.49. The Morgan fingerprint density at radius 3 is 2.81 bits per heavy atom. The Hall–Kier alpha value is -1.21. The lowest BCUT2D eigenvalue weighted by atomic mass is 10.2. The molecule has 0 aliphatic rings. The Kier molecular flexibility index (Phi) is 5.13.